The van der Waals surface area contributed by atoms with E-state index < -0.39 is 11.6 Å². The minimum absolute atomic E-state index is 0.0144. The molecule has 4 nitrogen and oxygen atoms in total. The fourth-order valence-corrected chi connectivity index (χ4v) is 2.04. The lowest BCUT2D eigenvalue weighted by Crippen LogP contribution is -2.23. The fraction of sp³-hybridized carbons (Fsp3) is 0.286. The molecule has 1 fully saturated rings. The molecule has 0 radical (unpaired) electrons. The van der Waals surface area contributed by atoms with Crippen molar-refractivity contribution >= 4 is 5.82 Å². The Balaban J connectivity index is 1.80. The summed E-state index contributed by atoms with van der Waals surface area (Å²) in [6.45, 7) is 0.0144. The lowest BCUT2D eigenvalue weighted by molar-refractivity contribution is 0.587. The van der Waals surface area contributed by atoms with Crippen molar-refractivity contribution in [1.29, 1.82) is 0 Å². The van der Waals surface area contributed by atoms with Gasteiger partial charge in [-0.25, -0.2) is 13.8 Å². The zero-order chi connectivity index (χ0) is 14.1. The molecule has 1 N–H and O–H groups in total. The molecule has 1 aliphatic carbocycles. The zero-order valence-corrected chi connectivity index (χ0v) is 10.6. The Bertz CT molecular complexity index is 695. The van der Waals surface area contributed by atoms with Crippen molar-refractivity contribution in [2.45, 2.75) is 25.4 Å². The maximum Gasteiger partial charge on any atom is 0.293 e. The average molecular weight is 277 g/mol. The van der Waals surface area contributed by atoms with Crippen molar-refractivity contribution in [3.63, 3.8) is 0 Å². The van der Waals surface area contributed by atoms with Crippen molar-refractivity contribution in [2.75, 3.05) is 5.32 Å². The van der Waals surface area contributed by atoms with Crippen LogP contribution in [0, 0.1) is 11.6 Å². The van der Waals surface area contributed by atoms with E-state index in [0.717, 1.165) is 31.0 Å². The Morgan fingerprint density at radius 2 is 2.15 bits per heavy atom. The Kier molecular flexibility index (Phi) is 3.22. The molecule has 1 heterocycles. The highest BCUT2D eigenvalue weighted by atomic mass is 19.1. The number of hydrogen-bond acceptors (Lipinski definition) is 3. The van der Waals surface area contributed by atoms with Gasteiger partial charge >= 0.3 is 0 Å². The van der Waals surface area contributed by atoms with Crippen LogP contribution in [-0.2, 0) is 6.54 Å². The lowest BCUT2D eigenvalue weighted by atomic mass is 10.2. The van der Waals surface area contributed by atoms with Gasteiger partial charge in [0.25, 0.3) is 5.56 Å². The van der Waals surface area contributed by atoms with Gasteiger partial charge in [0, 0.05) is 30.5 Å². The highest BCUT2D eigenvalue weighted by Crippen LogP contribution is 2.33. The van der Waals surface area contributed by atoms with Gasteiger partial charge in [-0.3, -0.25) is 4.79 Å². The molecule has 1 aromatic carbocycles. The van der Waals surface area contributed by atoms with Gasteiger partial charge in [0.15, 0.2) is 5.82 Å². The van der Waals surface area contributed by atoms with Crippen LogP contribution in [0.2, 0.25) is 0 Å². The second-order valence-electron chi connectivity index (χ2n) is 4.81. The summed E-state index contributed by atoms with van der Waals surface area (Å²) >= 11 is 0. The predicted molar refractivity (Wildman–Crippen MR) is 70.5 cm³/mol. The molecule has 1 aliphatic rings. The molecule has 104 valence electrons. The third kappa shape index (κ3) is 2.54. The number of halogens is 2. The molecule has 1 aromatic heterocycles. The van der Waals surface area contributed by atoms with Crippen LogP contribution in [0.25, 0.3) is 0 Å². The summed E-state index contributed by atoms with van der Waals surface area (Å²) in [6.07, 6.45) is 5.15. The van der Waals surface area contributed by atoms with Crippen LogP contribution >= 0.6 is 0 Å². The number of benzene rings is 1. The molecule has 0 amide bonds. The maximum absolute atomic E-state index is 13.5. The van der Waals surface area contributed by atoms with Crippen LogP contribution in [0.4, 0.5) is 14.6 Å². The van der Waals surface area contributed by atoms with E-state index in [0.29, 0.717) is 0 Å². The van der Waals surface area contributed by atoms with Gasteiger partial charge in [-0.15, -0.1) is 0 Å². The highest BCUT2D eigenvalue weighted by Gasteiger charge is 2.25. The first-order chi connectivity index (χ1) is 9.65. The highest BCUT2D eigenvalue weighted by molar-refractivity contribution is 5.33. The van der Waals surface area contributed by atoms with Gasteiger partial charge in [0.1, 0.15) is 11.6 Å². The summed E-state index contributed by atoms with van der Waals surface area (Å²) in [4.78, 5) is 16.0. The van der Waals surface area contributed by atoms with E-state index in [9.17, 15) is 13.6 Å². The van der Waals surface area contributed by atoms with Gasteiger partial charge in [-0.2, -0.15) is 0 Å². The maximum atomic E-state index is 13.5. The Labute approximate surface area is 114 Å². The first-order valence-corrected chi connectivity index (χ1v) is 6.40. The van der Waals surface area contributed by atoms with E-state index in [1.807, 2.05) is 0 Å². The second-order valence-corrected chi connectivity index (χ2v) is 4.81. The molecule has 6 heteroatoms. The summed E-state index contributed by atoms with van der Waals surface area (Å²) in [5, 5.41) is 2.77. The third-order valence-corrected chi connectivity index (χ3v) is 3.26. The molecule has 0 unspecified atom stereocenters. The summed E-state index contributed by atoms with van der Waals surface area (Å²) in [5.41, 5.74) is -0.0696. The number of aromatic nitrogens is 2. The quantitative estimate of drug-likeness (QED) is 0.934. The normalized spacial score (nSPS) is 14.3. The van der Waals surface area contributed by atoms with Gasteiger partial charge < -0.3 is 9.88 Å². The molecule has 0 aliphatic heterocycles. The first kappa shape index (κ1) is 12.8. The number of hydrogen-bond donors (Lipinski definition) is 1. The largest absolute Gasteiger partial charge is 0.361 e. The smallest absolute Gasteiger partial charge is 0.293 e. The molecule has 3 rings (SSSR count). The summed E-state index contributed by atoms with van der Waals surface area (Å²) in [6, 6.07) is 3.47. The summed E-state index contributed by atoms with van der Waals surface area (Å²) < 4.78 is 28.2. The zero-order valence-electron chi connectivity index (χ0n) is 10.6. The van der Waals surface area contributed by atoms with E-state index in [4.69, 9.17) is 0 Å². The number of anilines is 1. The van der Waals surface area contributed by atoms with Crippen LogP contribution in [0.15, 0.2) is 35.4 Å². The van der Waals surface area contributed by atoms with Crippen molar-refractivity contribution in [3.05, 3.63) is 58.1 Å². The van der Waals surface area contributed by atoms with Gasteiger partial charge in [-0.05, 0) is 31.0 Å². The second kappa shape index (κ2) is 5.03. The van der Waals surface area contributed by atoms with Crippen molar-refractivity contribution in [3.8, 4) is 0 Å². The van der Waals surface area contributed by atoms with Gasteiger partial charge in [0.05, 0.1) is 0 Å². The lowest BCUT2D eigenvalue weighted by Gasteiger charge is -2.08. The van der Waals surface area contributed by atoms with E-state index >= 15 is 0 Å². The Morgan fingerprint density at radius 3 is 2.90 bits per heavy atom. The molecular formula is C14H13F2N3O. The monoisotopic (exact) mass is 277 g/mol. The number of nitrogens with zero attached hydrogens (tertiary/aromatic N) is 2. The third-order valence-electron chi connectivity index (χ3n) is 3.26. The van der Waals surface area contributed by atoms with Gasteiger partial charge in [-0.1, -0.05) is 0 Å². The summed E-state index contributed by atoms with van der Waals surface area (Å²) in [5.74, 6) is -0.875. The minimum Gasteiger partial charge on any atom is -0.361 e. The Morgan fingerprint density at radius 1 is 1.35 bits per heavy atom. The van der Waals surface area contributed by atoms with Crippen molar-refractivity contribution in [2.24, 2.45) is 0 Å². The van der Waals surface area contributed by atoms with Crippen LogP contribution in [0.1, 0.15) is 24.4 Å². The summed E-state index contributed by atoms with van der Waals surface area (Å²) in [7, 11) is 0. The van der Waals surface area contributed by atoms with E-state index in [2.05, 4.69) is 10.3 Å². The molecule has 1 saturated carbocycles. The van der Waals surface area contributed by atoms with Gasteiger partial charge in [0.2, 0.25) is 0 Å². The van der Waals surface area contributed by atoms with E-state index in [1.54, 1.807) is 10.8 Å². The molecule has 0 bridgehead atoms. The van der Waals surface area contributed by atoms with Crippen molar-refractivity contribution in [1.82, 2.24) is 9.55 Å². The van der Waals surface area contributed by atoms with E-state index in [1.165, 1.54) is 6.20 Å². The fourth-order valence-electron chi connectivity index (χ4n) is 2.04. The average Bonchev–Trinajstić information content (AvgIpc) is 3.25. The SMILES string of the molecule is O=c1c(NCc2cc(F)ccc2F)nccn1C1CC1. The van der Waals surface area contributed by atoms with Crippen LogP contribution < -0.4 is 10.9 Å². The molecule has 2 aromatic rings. The Hall–Kier alpha value is -2.24. The number of nitrogens with one attached hydrogen (secondary N) is 1. The molecule has 0 atom stereocenters. The minimum atomic E-state index is -0.516. The van der Waals surface area contributed by atoms with Crippen LogP contribution in [0.3, 0.4) is 0 Å². The number of rotatable bonds is 4. The van der Waals surface area contributed by atoms with Crippen LogP contribution in [-0.4, -0.2) is 9.55 Å². The molecule has 0 spiro atoms. The molecular weight excluding hydrogens is 264 g/mol. The first-order valence-electron chi connectivity index (χ1n) is 6.40. The van der Waals surface area contributed by atoms with E-state index in [-0.39, 0.29) is 29.5 Å². The standard InChI is InChI=1S/C14H13F2N3O/c15-10-1-4-12(16)9(7-10)8-18-13-14(20)19(6-5-17-13)11-2-3-11/h1,4-7,11H,2-3,8H2,(H,17,18). The molecule has 0 saturated heterocycles. The van der Waals surface area contributed by atoms with Crippen molar-refractivity contribution < 1.29 is 8.78 Å². The predicted octanol–water partition coefficient (Wildman–Crippen LogP) is 2.47. The van der Waals surface area contributed by atoms with Crippen LogP contribution in [0.5, 0.6) is 0 Å². The molecule has 20 heavy (non-hydrogen) atoms. The topological polar surface area (TPSA) is 46.9 Å².